The van der Waals surface area contributed by atoms with Gasteiger partial charge >= 0.3 is 0 Å². The van der Waals surface area contributed by atoms with Crippen molar-refractivity contribution in [2.45, 2.75) is 246 Å². The number of ether oxygens (including phenoxy) is 8. The van der Waals surface area contributed by atoms with Crippen LogP contribution in [-0.4, -0.2) is 244 Å². The second-order valence-corrected chi connectivity index (χ2v) is 24.5. The highest BCUT2D eigenvalue weighted by Gasteiger charge is 2.71. The van der Waals surface area contributed by atoms with E-state index in [4.69, 9.17) is 37.9 Å². The fourth-order valence-electron chi connectivity index (χ4n) is 15.2. The lowest BCUT2D eigenvalue weighted by Crippen LogP contribution is -2.66. The molecule has 4 aliphatic heterocycles. The quantitative estimate of drug-likeness (QED) is 0.0547. The van der Waals surface area contributed by atoms with Crippen molar-refractivity contribution in [3.8, 4) is 0 Å². The molecule has 8 fully saturated rings. The molecule has 0 spiro atoms. The largest absolute Gasteiger partial charge is 0.394 e. The van der Waals surface area contributed by atoms with Gasteiger partial charge in [-0.1, -0.05) is 32.4 Å². The van der Waals surface area contributed by atoms with E-state index >= 15 is 0 Å². The van der Waals surface area contributed by atoms with Crippen molar-refractivity contribution in [1.82, 2.24) is 0 Å². The maximum atomic E-state index is 12.5. The first-order valence-electron chi connectivity index (χ1n) is 27.1. The minimum absolute atomic E-state index is 0.0178. The molecule has 8 rings (SSSR count). The van der Waals surface area contributed by atoms with Crippen LogP contribution in [0.1, 0.15) is 106 Å². The van der Waals surface area contributed by atoms with E-state index in [9.17, 15) is 76.6 Å². The van der Waals surface area contributed by atoms with Gasteiger partial charge in [-0.2, -0.15) is 0 Å². The predicted octanol–water partition coefficient (Wildman–Crippen LogP) is -2.84. The van der Waals surface area contributed by atoms with E-state index in [1.165, 1.54) is 0 Å². The molecule has 30 atom stereocenters. The van der Waals surface area contributed by atoms with E-state index in [0.29, 0.717) is 44.9 Å². The second kappa shape index (κ2) is 23.4. The summed E-state index contributed by atoms with van der Waals surface area (Å²) < 4.78 is 48.7. The molecular weight excluding hydrogens is 993 g/mol. The third-order valence-corrected chi connectivity index (χ3v) is 19.9. The first-order chi connectivity index (χ1) is 35.3. The molecule has 4 heterocycles. The van der Waals surface area contributed by atoms with Crippen LogP contribution in [0, 0.1) is 39.9 Å². The maximum absolute atomic E-state index is 12.5. The third-order valence-electron chi connectivity index (χ3n) is 19.9. The zero-order chi connectivity index (χ0) is 54.9. The highest BCUT2D eigenvalue weighted by molar-refractivity contribution is 5.19. The molecule has 4 saturated carbocycles. The van der Waals surface area contributed by atoms with E-state index in [1.54, 1.807) is 0 Å². The molecule has 75 heavy (non-hydrogen) atoms. The number of fused-ring (bicyclic) bond motifs is 5. The Bertz CT molecular complexity index is 1910. The van der Waals surface area contributed by atoms with E-state index in [0.717, 1.165) is 24.8 Å². The molecule has 1 unspecified atom stereocenters. The van der Waals surface area contributed by atoms with Crippen LogP contribution in [-0.2, 0) is 37.9 Å². The monoisotopic (exact) mass is 1080 g/mol. The van der Waals surface area contributed by atoms with Crippen LogP contribution < -0.4 is 0 Å². The first-order valence-corrected chi connectivity index (χ1v) is 27.1. The van der Waals surface area contributed by atoms with Crippen LogP contribution in [0.3, 0.4) is 0 Å². The van der Waals surface area contributed by atoms with E-state index < -0.39 is 172 Å². The Morgan fingerprint density at radius 2 is 1.07 bits per heavy atom. The smallest absolute Gasteiger partial charge is 0.187 e. The summed E-state index contributed by atoms with van der Waals surface area (Å²) in [4.78, 5) is 0. The Morgan fingerprint density at radius 1 is 0.560 bits per heavy atom. The lowest BCUT2D eigenvalue weighted by atomic mass is 9.37. The van der Waals surface area contributed by atoms with Crippen molar-refractivity contribution in [2.75, 3.05) is 26.4 Å². The van der Waals surface area contributed by atoms with Crippen LogP contribution in [0.15, 0.2) is 11.6 Å². The standard InChI is InChI=1S/C52H88O23/c1-22(2)8-7-12-52(6,67)25-11-15-51(5)32(25)26(70-46-42(65)39(62)36(59)30(74-46)21-68-45-41(64)37(60)33(56)27(18-53)71-45)17-31-49(3)13-10-24(16-23(49)9-14-50(31,51)4)69-48-44(40(63)35(58)29(20-55)73-48)75-47-43(66)38(61)34(57)28(19-54)72-47/h8,23-48,53-67H,7,9-21H2,1-6H3/t23-,24-,25?,26+,27-,28+,29+,30-,31+,32-,33-,34+,35+,36-,37+,38-,39+,40-,41-,42-,43+,44+,45-,46-,47-,48+,49-,50+,51+,52-/m0/s1. The van der Waals surface area contributed by atoms with Gasteiger partial charge in [0.2, 0.25) is 0 Å². The first kappa shape index (κ1) is 59.9. The minimum atomic E-state index is -1.83. The molecule has 23 nitrogen and oxygen atoms in total. The molecule has 8 aliphatic rings. The van der Waals surface area contributed by atoms with Crippen LogP contribution in [0.4, 0.5) is 0 Å². The van der Waals surface area contributed by atoms with Crippen molar-refractivity contribution in [3.05, 3.63) is 11.6 Å². The van der Waals surface area contributed by atoms with E-state index in [-0.39, 0.29) is 34.5 Å². The lowest BCUT2D eigenvalue weighted by molar-refractivity contribution is -0.373. The van der Waals surface area contributed by atoms with Crippen molar-refractivity contribution in [3.63, 3.8) is 0 Å². The Balaban J connectivity index is 1.04. The summed E-state index contributed by atoms with van der Waals surface area (Å²) >= 11 is 0. The molecule has 4 aliphatic carbocycles. The van der Waals surface area contributed by atoms with Gasteiger partial charge in [0.1, 0.15) is 97.7 Å². The summed E-state index contributed by atoms with van der Waals surface area (Å²) in [7, 11) is 0. The molecule has 434 valence electrons. The van der Waals surface area contributed by atoms with Gasteiger partial charge in [-0.15, -0.1) is 0 Å². The van der Waals surface area contributed by atoms with Crippen molar-refractivity contribution < 1.29 is 114 Å². The molecular formula is C52H88O23. The summed E-state index contributed by atoms with van der Waals surface area (Å²) in [5, 5.41) is 162. The van der Waals surface area contributed by atoms with Crippen LogP contribution in [0.25, 0.3) is 0 Å². The molecule has 0 aromatic rings. The predicted molar refractivity (Wildman–Crippen MR) is 257 cm³/mol. The summed E-state index contributed by atoms with van der Waals surface area (Å²) in [5.41, 5.74) is -1.08. The van der Waals surface area contributed by atoms with Gasteiger partial charge in [0.05, 0.1) is 44.2 Å². The highest BCUT2D eigenvalue weighted by Crippen LogP contribution is 2.75. The Kier molecular flexibility index (Phi) is 18.7. The van der Waals surface area contributed by atoms with Gasteiger partial charge in [0.15, 0.2) is 25.2 Å². The zero-order valence-electron chi connectivity index (χ0n) is 44.0. The van der Waals surface area contributed by atoms with E-state index in [2.05, 4.69) is 26.8 Å². The Morgan fingerprint density at radius 3 is 1.65 bits per heavy atom. The third kappa shape index (κ3) is 11.0. The van der Waals surface area contributed by atoms with Gasteiger partial charge in [-0.3, -0.25) is 0 Å². The van der Waals surface area contributed by atoms with Crippen molar-refractivity contribution in [1.29, 1.82) is 0 Å². The SMILES string of the molecule is CC(C)=CCC[C@](C)(O)C1CC[C@]2(C)[C@@H]1[C@H](O[C@H]1O[C@@H](CO[C@H]3O[C@@H](CO)[C@H](O)[C@@H](O)[C@@H]3O)[C@H](O)[C@@H](O)[C@@H]1O)C[C@@H]1[C@@]3(C)CC[C@H](O[C@@H]4O[C@H](CO)[C@@H](O)[C@H](O)[C@H]4O[C@@H]4O[C@H](CO)[C@@H](O)[C@H](O)[C@H]4O)C[C@@H]3CC[C@]12C. The van der Waals surface area contributed by atoms with Gasteiger partial charge in [0, 0.05) is 0 Å². The fourth-order valence-corrected chi connectivity index (χ4v) is 15.2. The summed E-state index contributed by atoms with van der Waals surface area (Å²) in [5.74, 6) is -0.489. The van der Waals surface area contributed by atoms with Crippen LogP contribution >= 0.6 is 0 Å². The number of allylic oxidation sites excluding steroid dienone is 2. The van der Waals surface area contributed by atoms with Gasteiger partial charge < -0.3 is 114 Å². The molecule has 0 aromatic carbocycles. The summed E-state index contributed by atoms with van der Waals surface area (Å²) in [6, 6.07) is 0. The summed E-state index contributed by atoms with van der Waals surface area (Å²) in [6.07, 6.45) is -24.6. The molecule has 0 bridgehead atoms. The molecule has 0 radical (unpaired) electrons. The van der Waals surface area contributed by atoms with Crippen LogP contribution in [0.2, 0.25) is 0 Å². The molecule has 4 saturated heterocycles. The van der Waals surface area contributed by atoms with Gasteiger partial charge in [0.25, 0.3) is 0 Å². The second-order valence-electron chi connectivity index (χ2n) is 24.5. The summed E-state index contributed by atoms with van der Waals surface area (Å²) in [6.45, 7) is 10.2. The van der Waals surface area contributed by atoms with Gasteiger partial charge in [-0.05, 0) is 125 Å². The molecule has 15 N–H and O–H groups in total. The maximum Gasteiger partial charge on any atom is 0.187 e. The topological polar surface area (TPSA) is 377 Å². The number of aliphatic hydroxyl groups excluding tert-OH is 14. The van der Waals surface area contributed by atoms with E-state index in [1.807, 2.05) is 20.8 Å². The average Bonchev–Trinajstić information content (AvgIpc) is 3.76. The molecule has 0 aromatic heterocycles. The number of hydrogen-bond acceptors (Lipinski definition) is 23. The highest BCUT2D eigenvalue weighted by atomic mass is 16.8. The average molecular weight is 1080 g/mol. The normalized spacial score (nSPS) is 53.0. The minimum Gasteiger partial charge on any atom is -0.394 e. The molecule has 23 heteroatoms. The van der Waals surface area contributed by atoms with Crippen LogP contribution in [0.5, 0.6) is 0 Å². The molecule has 0 amide bonds. The number of hydrogen-bond donors (Lipinski definition) is 15. The van der Waals surface area contributed by atoms with Gasteiger partial charge in [-0.25, -0.2) is 0 Å². The van der Waals surface area contributed by atoms with Crippen molar-refractivity contribution >= 4 is 0 Å². The fraction of sp³-hybridized carbons (Fsp3) is 0.962. The number of aliphatic hydroxyl groups is 15. The Hall–Kier alpha value is -1.18. The zero-order valence-corrected chi connectivity index (χ0v) is 44.0. The Labute approximate surface area is 437 Å². The van der Waals surface area contributed by atoms with Crippen molar-refractivity contribution in [2.24, 2.45) is 39.9 Å². The lowest BCUT2D eigenvalue weighted by Gasteiger charge is -2.69. The number of rotatable bonds is 16.